The van der Waals surface area contributed by atoms with E-state index in [1.807, 2.05) is 6.92 Å². The summed E-state index contributed by atoms with van der Waals surface area (Å²) in [5.74, 6) is -0.420. The van der Waals surface area contributed by atoms with Crippen LogP contribution in [0.1, 0.15) is 31.4 Å². The SMILES string of the molecule is CCC(C)C(=O)OCc1cc(=O)oc2c(C)c(O)ccc12. The Morgan fingerprint density at radius 3 is 2.81 bits per heavy atom. The second-order valence-electron chi connectivity index (χ2n) is 5.09. The van der Waals surface area contributed by atoms with Crippen molar-refractivity contribution in [2.45, 2.75) is 33.8 Å². The summed E-state index contributed by atoms with van der Waals surface area (Å²) in [6.45, 7) is 5.37. The van der Waals surface area contributed by atoms with Crippen LogP contribution in [0.3, 0.4) is 0 Å². The third-order valence-electron chi connectivity index (χ3n) is 3.60. The summed E-state index contributed by atoms with van der Waals surface area (Å²) in [4.78, 5) is 23.3. The number of phenols is 1. The summed E-state index contributed by atoms with van der Waals surface area (Å²) in [7, 11) is 0. The molecule has 0 fully saturated rings. The smallest absolute Gasteiger partial charge is 0.336 e. The van der Waals surface area contributed by atoms with Crippen LogP contribution in [0.5, 0.6) is 5.75 Å². The van der Waals surface area contributed by atoms with E-state index in [0.29, 0.717) is 28.5 Å². The normalized spacial score (nSPS) is 12.3. The van der Waals surface area contributed by atoms with Gasteiger partial charge in [-0.1, -0.05) is 13.8 Å². The Bertz CT molecular complexity index is 729. The Kier molecular flexibility index (Phi) is 4.31. The number of aromatic hydroxyl groups is 1. The fourth-order valence-electron chi connectivity index (χ4n) is 1.99. The molecule has 5 nitrogen and oxygen atoms in total. The Hall–Kier alpha value is -2.30. The molecule has 1 aromatic heterocycles. The summed E-state index contributed by atoms with van der Waals surface area (Å²) >= 11 is 0. The number of esters is 1. The van der Waals surface area contributed by atoms with Crippen LogP contribution >= 0.6 is 0 Å². The maximum Gasteiger partial charge on any atom is 0.336 e. The third kappa shape index (κ3) is 3.07. The molecule has 0 aliphatic carbocycles. The van der Waals surface area contributed by atoms with Crippen molar-refractivity contribution in [2.24, 2.45) is 5.92 Å². The van der Waals surface area contributed by atoms with E-state index >= 15 is 0 Å². The number of ether oxygens (including phenoxy) is 1. The van der Waals surface area contributed by atoms with Crippen molar-refractivity contribution in [2.75, 3.05) is 0 Å². The molecule has 0 radical (unpaired) electrons. The van der Waals surface area contributed by atoms with Crippen molar-refractivity contribution in [3.05, 3.63) is 39.7 Å². The van der Waals surface area contributed by atoms with Gasteiger partial charge < -0.3 is 14.3 Å². The van der Waals surface area contributed by atoms with E-state index in [1.165, 1.54) is 12.1 Å². The molecule has 0 saturated heterocycles. The highest BCUT2D eigenvalue weighted by atomic mass is 16.5. The van der Waals surface area contributed by atoms with Crippen molar-refractivity contribution >= 4 is 16.9 Å². The molecule has 1 heterocycles. The first-order valence-electron chi connectivity index (χ1n) is 6.86. The number of rotatable bonds is 4. The lowest BCUT2D eigenvalue weighted by atomic mass is 10.1. The van der Waals surface area contributed by atoms with E-state index in [-0.39, 0.29) is 24.2 Å². The standard InChI is InChI=1S/C16H18O5/c1-4-9(2)16(19)20-8-11-7-14(18)21-15-10(3)13(17)6-5-12(11)15/h5-7,9,17H,4,8H2,1-3H3. The summed E-state index contributed by atoms with van der Waals surface area (Å²) in [6, 6.07) is 4.48. The fourth-order valence-corrected chi connectivity index (χ4v) is 1.99. The Morgan fingerprint density at radius 1 is 1.43 bits per heavy atom. The van der Waals surface area contributed by atoms with E-state index in [4.69, 9.17) is 9.15 Å². The van der Waals surface area contributed by atoms with Gasteiger partial charge in [0.15, 0.2) is 0 Å². The van der Waals surface area contributed by atoms with Gasteiger partial charge in [-0.25, -0.2) is 4.79 Å². The van der Waals surface area contributed by atoms with Gasteiger partial charge in [0.25, 0.3) is 0 Å². The van der Waals surface area contributed by atoms with E-state index < -0.39 is 5.63 Å². The lowest BCUT2D eigenvalue weighted by Gasteiger charge is -2.11. The van der Waals surface area contributed by atoms with Crippen LogP contribution < -0.4 is 5.63 Å². The summed E-state index contributed by atoms with van der Waals surface area (Å²) < 4.78 is 10.4. The van der Waals surface area contributed by atoms with Gasteiger partial charge in [-0.15, -0.1) is 0 Å². The molecule has 1 unspecified atom stereocenters. The first-order chi connectivity index (χ1) is 9.93. The van der Waals surface area contributed by atoms with Crippen molar-refractivity contribution in [1.29, 1.82) is 0 Å². The second kappa shape index (κ2) is 5.99. The van der Waals surface area contributed by atoms with Crippen molar-refractivity contribution < 1.29 is 19.1 Å². The number of carbonyl (C=O) groups is 1. The average Bonchev–Trinajstić information content (AvgIpc) is 2.47. The minimum Gasteiger partial charge on any atom is -0.508 e. The van der Waals surface area contributed by atoms with Crippen molar-refractivity contribution in [1.82, 2.24) is 0 Å². The van der Waals surface area contributed by atoms with Gasteiger partial charge in [-0.05, 0) is 25.5 Å². The number of benzene rings is 1. The van der Waals surface area contributed by atoms with E-state index in [1.54, 1.807) is 19.9 Å². The number of carbonyl (C=O) groups excluding carboxylic acids is 1. The van der Waals surface area contributed by atoms with Crippen LogP contribution in [-0.2, 0) is 16.1 Å². The molecular formula is C16H18O5. The number of aryl methyl sites for hydroxylation is 1. The van der Waals surface area contributed by atoms with E-state index in [0.717, 1.165) is 0 Å². The van der Waals surface area contributed by atoms with Gasteiger partial charge in [0.05, 0.1) is 5.92 Å². The molecule has 2 rings (SSSR count). The average molecular weight is 290 g/mol. The highest BCUT2D eigenvalue weighted by molar-refractivity contribution is 5.85. The topological polar surface area (TPSA) is 76.7 Å². The summed E-state index contributed by atoms with van der Waals surface area (Å²) in [5, 5.41) is 10.3. The predicted molar refractivity (Wildman–Crippen MR) is 78.1 cm³/mol. The zero-order valence-electron chi connectivity index (χ0n) is 12.3. The third-order valence-corrected chi connectivity index (χ3v) is 3.60. The van der Waals surface area contributed by atoms with Gasteiger partial charge >= 0.3 is 11.6 Å². The highest BCUT2D eigenvalue weighted by Crippen LogP contribution is 2.27. The van der Waals surface area contributed by atoms with Gasteiger partial charge in [0.1, 0.15) is 17.9 Å². The first kappa shape index (κ1) is 15.1. The monoisotopic (exact) mass is 290 g/mol. The van der Waals surface area contributed by atoms with Crippen LogP contribution in [0, 0.1) is 12.8 Å². The molecule has 5 heteroatoms. The molecular weight excluding hydrogens is 272 g/mol. The lowest BCUT2D eigenvalue weighted by molar-refractivity contribution is -0.149. The van der Waals surface area contributed by atoms with Gasteiger partial charge in [0.2, 0.25) is 0 Å². The fraction of sp³-hybridized carbons (Fsp3) is 0.375. The van der Waals surface area contributed by atoms with Gasteiger partial charge in [0, 0.05) is 22.6 Å². The zero-order valence-corrected chi connectivity index (χ0v) is 12.3. The zero-order chi connectivity index (χ0) is 15.6. The quantitative estimate of drug-likeness (QED) is 0.692. The van der Waals surface area contributed by atoms with Crippen LogP contribution in [0.25, 0.3) is 11.0 Å². The molecule has 1 aromatic carbocycles. The molecule has 21 heavy (non-hydrogen) atoms. The molecule has 0 spiro atoms. The van der Waals surface area contributed by atoms with Crippen molar-refractivity contribution in [3.63, 3.8) is 0 Å². The summed E-state index contributed by atoms with van der Waals surface area (Å²) in [5.41, 5.74) is 0.837. The maximum atomic E-state index is 11.7. The van der Waals surface area contributed by atoms with Crippen LogP contribution in [0.4, 0.5) is 0 Å². The molecule has 2 aromatic rings. The van der Waals surface area contributed by atoms with Gasteiger partial charge in [-0.3, -0.25) is 4.79 Å². The Labute approximate surface area is 122 Å². The largest absolute Gasteiger partial charge is 0.508 e. The molecule has 0 amide bonds. The number of phenolic OH excluding ortho intramolecular Hbond substituents is 1. The Balaban J connectivity index is 2.38. The number of hydrogen-bond acceptors (Lipinski definition) is 5. The molecule has 1 N–H and O–H groups in total. The van der Waals surface area contributed by atoms with Crippen LogP contribution in [0.2, 0.25) is 0 Å². The molecule has 0 saturated carbocycles. The van der Waals surface area contributed by atoms with E-state index in [2.05, 4.69) is 0 Å². The second-order valence-corrected chi connectivity index (χ2v) is 5.09. The molecule has 1 atom stereocenters. The number of fused-ring (bicyclic) bond motifs is 1. The van der Waals surface area contributed by atoms with Crippen LogP contribution in [0.15, 0.2) is 27.4 Å². The van der Waals surface area contributed by atoms with E-state index in [9.17, 15) is 14.7 Å². The molecule has 0 bridgehead atoms. The Morgan fingerprint density at radius 2 is 2.14 bits per heavy atom. The highest BCUT2D eigenvalue weighted by Gasteiger charge is 2.15. The maximum absolute atomic E-state index is 11.7. The minimum absolute atomic E-state index is 0.00941. The predicted octanol–water partition coefficient (Wildman–Crippen LogP) is 2.90. The first-order valence-corrected chi connectivity index (χ1v) is 6.86. The molecule has 0 aliphatic rings. The minimum atomic E-state index is -0.536. The van der Waals surface area contributed by atoms with Crippen molar-refractivity contribution in [3.8, 4) is 5.75 Å². The lowest BCUT2D eigenvalue weighted by Crippen LogP contribution is -2.14. The number of hydrogen-bond donors (Lipinski definition) is 1. The van der Waals surface area contributed by atoms with Gasteiger partial charge in [-0.2, -0.15) is 0 Å². The molecule has 112 valence electrons. The molecule has 0 aliphatic heterocycles. The van der Waals surface area contributed by atoms with Crippen LogP contribution in [-0.4, -0.2) is 11.1 Å². The summed E-state index contributed by atoms with van der Waals surface area (Å²) in [6.07, 6.45) is 0.698.